The van der Waals surface area contributed by atoms with E-state index in [1.165, 1.54) is 0 Å². The fourth-order valence-electron chi connectivity index (χ4n) is 1.20. The van der Waals surface area contributed by atoms with Crippen LogP contribution < -0.4 is 11.1 Å². The minimum absolute atomic E-state index is 0.350. The molecule has 0 amide bonds. The maximum absolute atomic E-state index is 5.70. The second-order valence-corrected chi connectivity index (χ2v) is 3.17. The van der Waals surface area contributed by atoms with Gasteiger partial charge in [0.1, 0.15) is 6.54 Å². The minimum atomic E-state index is 0.350. The van der Waals surface area contributed by atoms with Crippen LogP contribution in [0.4, 0.5) is 5.69 Å². The summed E-state index contributed by atoms with van der Waals surface area (Å²) < 4.78 is 4.89. The van der Waals surface area contributed by atoms with Crippen molar-refractivity contribution in [2.45, 2.75) is 6.54 Å². The molecule has 82 valence electrons. The molecule has 3 N–H and O–H groups in total. The van der Waals surface area contributed by atoms with Gasteiger partial charge in [-0.3, -0.25) is 0 Å². The minimum Gasteiger partial charge on any atom is -0.370 e. The fraction of sp³-hybridized carbons (Fsp3) is 0.0909. The van der Waals surface area contributed by atoms with Gasteiger partial charge in [-0.2, -0.15) is 0 Å². The van der Waals surface area contributed by atoms with E-state index in [1.54, 1.807) is 12.3 Å². The molecule has 0 atom stereocenters. The third-order valence-corrected chi connectivity index (χ3v) is 1.94. The molecule has 16 heavy (non-hydrogen) atoms. The Balaban J connectivity index is 1.93. The molecule has 5 heteroatoms. The molecule has 0 spiro atoms. The summed E-state index contributed by atoms with van der Waals surface area (Å²) in [5.41, 5.74) is 6.60. The molecule has 0 aliphatic carbocycles. The van der Waals surface area contributed by atoms with Gasteiger partial charge in [0.25, 0.3) is 0 Å². The van der Waals surface area contributed by atoms with E-state index in [0.717, 1.165) is 5.69 Å². The van der Waals surface area contributed by atoms with E-state index in [1.807, 2.05) is 30.3 Å². The number of benzene rings is 1. The number of nitrogens with zero attached hydrogens (tertiary/aromatic N) is 2. The molecule has 1 heterocycles. The molecule has 1 aromatic heterocycles. The predicted octanol–water partition coefficient (Wildman–Crippen LogP) is 1.60. The highest BCUT2D eigenvalue weighted by Gasteiger charge is 1.96. The van der Waals surface area contributed by atoms with Crippen molar-refractivity contribution in [3.05, 3.63) is 48.4 Å². The summed E-state index contributed by atoms with van der Waals surface area (Å²) in [7, 11) is 0. The van der Waals surface area contributed by atoms with E-state index in [-0.39, 0.29) is 0 Å². The van der Waals surface area contributed by atoms with Crippen LogP contribution in [-0.2, 0) is 6.54 Å². The van der Waals surface area contributed by atoms with Crippen LogP contribution in [0.2, 0.25) is 0 Å². The van der Waals surface area contributed by atoms with E-state index in [4.69, 9.17) is 10.3 Å². The van der Waals surface area contributed by atoms with Crippen LogP contribution in [0.1, 0.15) is 5.76 Å². The average molecular weight is 216 g/mol. The summed E-state index contributed by atoms with van der Waals surface area (Å²) in [6.45, 7) is 0.381. The van der Waals surface area contributed by atoms with Crippen LogP contribution in [0.3, 0.4) is 0 Å². The summed E-state index contributed by atoms with van der Waals surface area (Å²) in [6.07, 6.45) is 1.58. The SMILES string of the molecule is NC(=NCc1ccno1)Nc1ccccc1. The lowest BCUT2D eigenvalue weighted by molar-refractivity contribution is 0.385. The third kappa shape index (κ3) is 2.84. The Hall–Kier alpha value is -2.30. The monoisotopic (exact) mass is 216 g/mol. The highest BCUT2D eigenvalue weighted by atomic mass is 16.5. The van der Waals surface area contributed by atoms with Crippen LogP contribution in [0, 0.1) is 0 Å². The van der Waals surface area contributed by atoms with Crippen LogP contribution in [-0.4, -0.2) is 11.1 Å². The molecule has 5 nitrogen and oxygen atoms in total. The van der Waals surface area contributed by atoms with Gasteiger partial charge in [-0.05, 0) is 12.1 Å². The molecule has 0 radical (unpaired) electrons. The first-order valence-corrected chi connectivity index (χ1v) is 4.86. The van der Waals surface area contributed by atoms with Gasteiger partial charge < -0.3 is 15.6 Å². The third-order valence-electron chi connectivity index (χ3n) is 1.94. The van der Waals surface area contributed by atoms with Gasteiger partial charge in [-0.15, -0.1) is 0 Å². The maximum atomic E-state index is 5.70. The topological polar surface area (TPSA) is 76.4 Å². The number of para-hydroxylation sites is 1. The first-order valence-electron chi connectivity index (χ1n) is 4.86. The van der Waals surface area contributed by atoms with E-state index in [9.17, 15) is 0 Å². The van der Waals surface area contributed by atoms with Crippen molar-refractivity contribution in [3.63, 3.8) is 0 Å². The molecular weight excluding hydrogens is 204 g/mol. The second kappa shape index (κ2) is 4.97. The van der Waals surface area contributed by atoms with Crippen LogP contribution in [0.15, 0.2) is 52.1 Å². The zero-order valence-electron chi connectivity index (χ0n) is 8.63. The van der Waals surface area contributed by atoms with Crippen molar-refractivity contribution in [3.8, 4) is 0 Å². The van der Waals surface area contributed by atoms with E-state index in [2.05, 4.69) is 15.5 Å². The molecule has 0 unspecified atom stereocenters. The molecule has 0 aliphatic heterocycles. The Morgan fingerprint density at radius 2 is 2.12 bits per heavy atom. The molecule has 0 saturated carbocycles. The quantitative estimate of drug-likeness (QED) is 0.603. The van der Waals surface area contributed by atoms with Crippen molar-refractivity contribution < 1.29 is 4.52 Å². The molecule has 2 aromatic rings. The Bertz CT molecular complexity index is 450. The molecule has 0 aliphatic rings. The van der Waals surface area contributed by atoms with E-state index >= 15 is 0 Å². The van der Waals surface area contributed by atoms with Crippen molar-refractivity contribution in [2.75, 3.05) is 5.32 Å². The smallest absolute Gasteiger partial charge is 0.193 e. The first kappa shape index (κ1) is 10.2. The number of aliphatic imine (C=N–C) groups is 1. The Labute approximate surface area is 93.0 Å². The normalized spacial score (nSPS) is 11.4. The van der Waals surface area contributed by atoms with E-state index < -0.39 is 0 Å². The average Bonchev–Trinajstić information content (AvgIpc) is 2.81. The summed E-state index contributed by atoms with van der Waals surface area (Å²) >= 11 is 0. The lowest BCUT2D eigenvalue weighted by Gasteiger charge is -2.03. The number of guanidine groups is 1. The van der Waals surface area contributed by atoms with Gasteiger partial charge in [-0.25, -0.2) is 4.99 Å². The zero-order chi connectivity index (χ0) is 11.2. The Kier molecular flexibility index (Phi) is 3.18. The summed E-state index contributed by atoms with van der Waals surface area (Å²) in [5.74, 6) is 1.03. The highest BCUT2D eigenvalue weighted by molar-refractivity contribution is 5.92. The number of nitrogens with one attached hydrogen (secondary N) is 1. The lowest BCUT2D eigenvalue weighted by Crippen LogP contribution is -2.22. The van der Waals surface area contributed by atoms with Gasteiger partial charge in [0.05, 0.1) is 6.20 Å². The molecule has 2 rings (SSSR count). The van der Waals surface area contributed by atoms with Gasteiger partial charge in [0, 0.05) is 11.8 Å². The van der Waals surface area contributed by atoms with Crippen LogP contribution >= 0.6 is 0 Å². The van der Waals surface area contributed by atoms with Gasteiger partial charge in [-0.1, -0.05) is 23.4 Å². The van der Waals surface area contributed by atoms with Crippen LogP contribution in [0.5, 0.6) is 0 Å². The number of hydrogen-bond acceptors (Lipinski definition) is 3. The van der Waals surface area contributed by atoms with Crippen molar-refractivity contribution in [1.29, 1.82) is 0 Å². The molecule has 1 aromatic carbocycles. The van der Waals surface area contributed by atoms with E-state index in [0.29, 0.717) is 18.3 Å². The maximum Gasteiger partial charge on any atom is 0.193 e. The van der Waals surface area contributed by atoms with Gasteiger partial charge in [0.2, 0.25) is 0 Å². The molecule has 0 saturated heterocycles. The summed E-state index contributed by atoms with van der Waals surface area (Å²) in [6, 6.07) is 11.4. The number of aromatic nitrogens is 1. The van der Waals surface area contributed by atoms with Gasteiger partial charge >= 0.3 is 0 Å². The highest BCUT2D eigenvalue weighted by Crippen LogP contribution is 2.04. The Morgan fingerprint density at radius 3 is 2.81 bits per heavy atom. The zero-order valence-corrected chi connectivity index (χ0v) is 8.63. The lowest BCUT2D eigenvalue weighted by atomic mass is 10.3. The number of nitrogens with two attached hydrogens (primary N) is 1. The van der Waals surface area contributed by atoms with Crippen molar-refractivity contribution in [2.24, 2.45) is 10.7 Å². The molecular formula is C11H12N4O. The van der Waals surface area contributed by atoms with Crippen molar-refractivity contribution in [1.82, 2.24) is 5.16 Å². The van der Waals surface area contributed by atoms with Crippen molar-refractivity contribution >= 4 is 11.6 Å². The fourth-order valence-corrected chi connectivity index (χ4v) is 1.20. The summed E-state index contributed by atoms with van der Waals surface area (Å²) in [4.78, 5) is 4.11. The molecule has 0 fully saturated rings. The van der Waals surface area contributed by atoms with Gasteiger partial charge in [0.15, 0.2) is 11.7 Å². The predicted molar refractivity (Wildman–Crippen MR) is 61.9 cm³/mol. The number of hydrogen-bond donors (Lipinski definition) is 2. The Morgan fingerprint density at radius 1 is 1.31 bits per heavy atom. The number of rotatable bonds is 3. The number of anilines is 1. The largest absolute Gasteiger partial charge is 0.370 e. The van der Waals surface area contributed by atoms with Crippen LogP contribution in [0.25, 0.3) is 0 Å². The standard InChI is InChI=1S/C11H12N4O/c12-11(13-8-10-6-7-14-16-10)15-9-4-2-1-3-5-9/h1-7H,8H2,(H3,12,13,15). The molecule has 0 bridgehead atoms. The summed E-state index contributed by atoms with van der Waals surface area (Å²) in [5, 5.41) is 6.55. The second-order valence-electron chi connectivity index (χ2n) is 3.17. The first-order chi connectivity index (χ1) is 7.84.